The SMILES string of the molecule is Cc1nc(C(=O)NC2CCCCCC2)cc(N2c3ccccc3CC2C)n1. The van der Waals surface area contributed by atoms with Crippen LogP contribution in [0.2, 0.25) is 0 Å². The van der Waals surface area contributed by atoms with E-state index in [0.29, 0.717) is 17.6 Å². The first-order valence-corrected chi connectivity index (χ1v) is 10.2. The molecule has 1 aromatic heterocycles. The van der Waals surface area contributed by atoms with Crippen LogP contribution in [0, 0.1) is 6.92 Å². The molecular weight excluding hydrogens is 336 g/mol. The maximum Gasteiger partial charge on any atom is 0.270 e. The fourth-order valence-corrected chi connectivity index (χ4v) is 4.39. The molecule has 2 aliphatic rings. The largest absolute Gasteiger partial charge is 0.348 e. The van der Waals surface area contributed by atoms with E-state index >= 15 is 0 Å². The summed E-state index contributed by atoms with van der Waals surface area (Å²) in [7, 11) is 0. The molecule has 0 saturated heterocycles. The minimum absolute atomic E-state index is 0.0752. The molecule has 5 heteroatoms. The highest BCUT2D eigenvalue weighted by Gasteiger charge is 2.29. The van der Waals surface area contributed by atoms with Gasteiger partial charge in [-0.15, -0.1) is 0 Å². The van der Waals surface area contributed by atoms with Crippen molar-refractivity contribution in [3.05, 3.63) is 47.4 Å². The average molecular weight is 364 g/mol. The molecule has 1 N–H and O–H groups in total. The van der Waals surface area contributed by atoms with E-state index in [1.165, 1.54) is 36.9 Å². The molecule has 2 aromatic rings. The first-order valence-electron chi connectivity index (χ1n) is 10.2. The quantitative estimate of drug-likeness (QED) is 0.824. The average Bonchev–Trinajstić information content (AvgIpc) is 2.79. The van der Waals surface area contributed by atoms with Crippen molar-refractivity contribution in [2.24, 2.45) is 0 Å². The number of hydrogen-bond acceptors (Lipinski definition) is 4. The predicted molar refractivity (Wildman–Crippen MR) is 107 cm³/mol. The van der Waals surface area contributed by atoms with Crippen LogP contribution in [0.1, 0.15) is 67.3 Å². The van der Waals surface area contributed by atoms with Gasteiger partial charge in [-0.1, -0.05) is 43.9 Å². The molecule has 5 nitrogen and oxygen atoms in total. The normalized spacial score (nSPS) is 20.2. The van der Waals surface area contributed by atoms with Crippen LogP contribution >= 0.6 is 0 Å². The Labute approximate surface area is 161 Å². The molecule has 1 atom stereocenters. The number of hydrogen-bond donors (Lipinski definition) is 1. The summed E-state index contributed by atoms with van der Waals surface area (Å²) in [4.78, 5) is 24.1. The van der Waals surface area contributed by atoms with E-state index in [9.17, 15) is 4.79 Å². The molecule has 1 saturated carbocycles. The molecule has 1 aliphatic heterocycles. The van der Waals surface area contributed by atoms with Gasteiger partial charge < -0.3 is 10.2 Å². The summed E-state index contributed by atoms with van der Waals surface area (Å²) in [6.45, 7) is 4.06. The van der Waals surface area contributed by atoms with Crippen LogP contribution in [0.5, 0.6) is 0 Å². The number of para-hydroxylation sites is 1. The van der Waals surface area contributed by atoms with Crippen molar-refractivity contribution in [1.82, 2.24) is 15.3 Å². The molecule has 0 bridgehead atoms. The number of nitrogens with zero attached hydrogens (tertiary/aromatic N) is 3. The van der Waals surface area contributed by atoms with E-state index < -0.39 is 0 Å². The van der Waals surface area contributed by atoms with Gasteiger partial charge in [0.2, 0.25) is 0 Å². The van der Waals surface area contributed by atoms with Crippen LogP contribution in [0.15, 0.2) is 30.3 Å². The Morgan fingerprint density at radius 1 is 1.11 bits per heavy atom. The van der Waals surface area contributed by atoms with E-state index in [-0.39, 0.29) is 11.9 Å². The maximum absolute atomic E-state index is 12.9. The number of benzene rings is 1. The number of aryl methyl sites for hydroxylation is 1. The van der Waals surface area contributed by atoms with Crippen molar-refractivity contribution in [2.75, 3.05) is 4.90 Å². The molecule has 1 fully saturated rings. The second-order valence-corrected chi connectivity index (χ2v) is 7.87. The molecule has 1 aromatic carbocycles. The Morgan fingerprint density at radius 3 is 2.63 bits per heavy atom. The summed E-state index contributed by atoms with van der Waals surface area (Å²) >= 11 is 0. The highest BCUT2D eigenvalue weighted by molar-refractivity contribution is 5.93. The van der Waals surface area contributed by atoms with Crippen LogP contribution in [0.25, 0.3) is 0 Å². The van der Waals surface area contributed by atoms with E-state index in [4.69, 9.17) is 0 Å². The van der Waals surface area contributed by atoms with Crippen LogP contribution in [0.3, 0.4) is 0 Å². The first-order chi connectivity index (χ1) is 13.1. The van der Waals surface area contributed by atoms with Gasteiger partial charge in [-0.05, 0) is 44.7 Å². The third kappa shape index (κ3) is 3.82. The Balaban J connectivity index is 1.59. The van der Waals surface area contributed by atoms with Crippen molar-refractivity contribution in [3.63, 3.8) is 0 Å². The lowest BCUT2D eigenvalue weighted by molar-refractivity contribution is 0.0928. The number of carbonyl (C=O) groups excluding carboxylic acids is 1. The third-order valence-corrected chi connectivity index (χ3v) is 5.70. The fraction of sp³-hybridized carbons (Fsp3) is 0.500. The summed E-state index contributed by atoms with van der Waals surface area (Å²) in [5.74, 6) is 1.37. The summed E-state index contributed by atoms with van der Waals surface area (Å²) in [6, 6.07) is 10.8. The van der Waals surface area contributed by atoms with E-state index in [2.05, 4.69) is 51.4 Å². The van der Waals surface area contributed by atoms with Gasteiger partial charge in [0.1, 0.15) is 17.3 Å². The van der Waals surface area contributed by atoms with Gasteiger partial charge in [0.15, 0.2) is 0 Å². The third-order valence-electron chi connectivity index (χ3n) is 5.70. The molecule has 4 rings (SSSR count). The minimum Gasteiger partial charge on any atom is -0.348 e. The predicted octanol–water partition coefficient (Wildman–Crippen LogP) is 4.32. The Kier molecular flexibility index (Phi) is 5.10. The molecule has 1 amide bonds. The van der Waals surface area contributed by atoms with Crippen molar-refractivity contribution in [3.8, 4) is 0 Å². The van der Waals surface area contributed by atoms with Gasteiger partial charge in [-0.3, -0.25) is 4.79 Å². The monoisotopic (exact) mass is 364 g/mol. The minimum atomic E-state index is -0.0752. The van der Waals surface area contributed by atoms with Crippen molar-refractivity contribution < 1.29 is 4.79 Å². The molecule has 142 valence electrons. The Hall–Kier alpha value is -2.43. The summed E-state index contributed by atoms with van der Waals surface area (Å²) in [5, 5.41) is 3.20. The highest BCUT2D eigenvalue weighted by atomic mass is 16.1. The molecule has 1 aliphatic carbocycles. The second kappa shape index (κ2) is 7.67. The van der Waals surface area contributed by atoms with Gasteiger partial charge >= 0.3 is 0 Å². The lowest BCUT2D eigenvalue weighted by Crippen LogP contribution is -2.35. The number of fused-ring (bicyclic) bond motifs is 1. The number of anilines is 2. The highest BCUT2D eigenvalue weighted by Crippen LogP contribution is 2.37. The molecule has 2 heterocycles. The number of amides is 1. The number of carbonyl (C=O) groups is 1. The van der Waals surface area contributed by atoms with Gasteiger partial charge in [-0.2, -0.15) is 0 Å². The second-order valence-electron chi connectivity index (χ2n) is 7.87. The van der Waals surface area contributed by atoms with Gasteiger partial charge in [0, 0.05) is 23.8 Å². The summed E-state index contributed by atoms with van der Waals surface area (Å²) < 4.78 is 0. The smallest absolute Gasteiger partial charge is 0.270 e. The summed E-state index contributed by atoms with van der Waals surface area (Å²) in [6.07, 6.45) is 8.06. The topological polar surface area (TPSA) is 58.1 Å². The molecular formula is C22H28N4O. The van der Waals surface area contributed by atoms with E-state index in [1.807, 2.05) is 13.0 Å². The van der Waals surface area contributed by atoms with E-state index in [0.717, 1.165) is 25.1 Å². The van der Waals surface area contributed by atoms with Crippen molar-refractivity contribution >= 4 is 17.4 Å². The maximum atomic E-state index is 12.9. The number of aromatic nitrogens is 2. The molecule has 0 radical (unpaired) electrons. The van der Waals surface area contributed by atoms with Crippen molar-refractivity contribution in [1.29, 1.82) is 0 Å². The zero-order valence-corrected chi connectivity index (χ0v) is 16.2. The molecule has 1 unspecified atom stereocenters. The van der Waals surface area contributed by atoms with E-state index in [1.54, 1.807) is 0 Å². The fourth-order valence-electron chi connectivity index (χ4n) is 4.39. The van der Waals surface area contributed by atoms with Crippen LogP contribution in [-0.4, -0.2) is 28.0 Å². The summed E-state index contributed by atoms with van der Waals surface area (Å²) in [5.41, 5.74) is 2.97. The lowest BCUT2D eigenvalue weighted by Gasteiger charge is -2.24. The van der Waals surface area contributed by atoms with Crippen LogP contribution in [-0.2, 0) is 6.42 Å². The Morgan fingerprint density at radius 2 is 1.85 bits per heavy atom. The zero-order chi connectivity index (χ0) is 18.8. The number of rotatable bonds is 3. The van der Waals surface area contributed by atoms with Gasteiger partial charge in [-0.25, -0.2) is 9.97 Å². The van der Waals surface area contributed by atoms with Crippen LogP contribution in [0.4, 0.5) is 11.5 Å². The van der Waals surface area contributed by atoms with Gasteiger partial charge in [0.05, 0.1) is 0 Å². The Bertz CT molecular complexity index is 827. The number of nitrogens with one attached hydrogen (secondary N) is 1. The zero-order valence-electron chi connectivity index (χ0n) is 16.2. The standard InChI is InChI=1S/C22H28N4O/c1-15-13-17-9-7-8-12-20(17)26(15)21-14-19(23-16(2)24-21)22(27)25-18-10-5-3-4-6-11-18/h7-9,12,14-15,18H,3-6,10-11,13H2,1-2H3,(H,25,27). The molecule has 0 spiro atoms. The van der Waals surface area contributed by atoms with Crippen molar-refractivity contribution in [2.45, 2.75) is 70.9 Å². The van der Waals surface area contributed by atoms with Gasteiger partial charge in [0.25, 0.3) is 5.91 Å². The van der Waals surface area contributed by atoms with Crippen LogP contribution < -0.4 is 10.2 Å². The molecule has 27 heavy (non-hydrogen) atoms. The first kappa shape index (κ1) is 18.0. The lowest BCUT2D eigenvalue weighted by atomic mass is 10.1.